The van der Waals surface area contributed by atoms with Gasteiger partial charge < -0.3 is 15.4 Å². The van der Waals surface area contributed by atoms with Gasteiger partial charge in [-0.3, -0.25) is 9.59 Å². The van der Waals surface area contributed by atoms with Crippen molar-refractivity contribution in [1.82, 2.24) is 10.3 Å². The number of hydrogen-bond acceptors (Lipinski definition) is 4. The lowest BCUT2D eigenvalue weighted by atomic mass is 9.94. The van der Waals surface area contributed by atoms with E-state index in [1.54, 1.807) is 19.2 Å². The number of carbonyl (C=O) groups is 1. The Bertz CT molecular complexity index is 394. The number of aliphatic carboxylic acids is 1. The second-order valence-electron chi connectivity index (χ2n) is 3.97. The summed E-state index contributed by atoms with van der Waals surface area (Å²) in [5, 5.41) is 13.6. The van der Waals surface area contributed by atoms with Crippen molar-refractivity contribution < 1.29 is 9.90 Å². The van der Waals surface area contributed by atoms with Gasteiger partial charge >= 0.3 is 10.8 Å². The molecule has 1 rings (SSSR count). The minimum atomic E-state index is -0.839. The van der Waals surface area contributed by atoms with Crippen LogP contribution in [0.25, 0.3) is 0 Å². The summed E-state index contributed by atoms with van der Waals surface area (Å²) in [4.78, 5) is 24.1. The van der Waals surface area contributed by atoms with E-state index in [0.29, 0.717) is 13.1 Å². The number of H-pyrrole nitrogens is 1. The number of rotatable bonds is 5. The Kier molecular flexibility index (Phi) is 3.65. The van der Waals surface area contributed by atoms with Crippen molar-refractivity contribution in [1.29, 1.82) is 0 Å². The topological polar surface area (TPSA) is 82.2 Å². The highest BCUT2D eigenvalue weighted by Crippen LogP contribution is 2.13. The smallest absolute Gasteiger partial charge is 0.310 e. The van der Waals surface area contributed by atoms with Crippen LogP contribution in [0.15, 0.2) is 10.2 Å². The second kappa shape index (κ2) is 4.59. The maximum Gasteiger partial charge on any atom is 0.310 e. The molecule has 1 heterocycles. The summed E-state index contributed by atoms with van der Waals surface area (Å²) >= 11 is 1.10. The van der Waals surface area contributed by atoms with Crippen LogP contribution in [-0.4, -0.2) is 22.6 Å². The zero-order valence-corrected chi connectivity index (χ0v) is 9.48. The Balaban J connectivity index is 2.40. The molecule has 0 spiro atoms. The third kappa shape index (κ3) is 3.49. The van der Waals surface area contributed by atoms with E-state index < -0.39 is 11.4 Å². The van der Waals surface area contributed by atoms with Crippen LogP contribution in [0.2, 0.25) is 0 Å². The minimum Gasteiger partial charge on any atom is -0.481 e. The number of aromatic nitrogens is 1. The summed E-state index contributed by atoms with van der Waals surface area (Å²) in [5.41, 5.74) is -0.0118. The van der Waals surface area contributed by atoms with Crippen LogP contribution >= 0.6 is 11.3 Å². The van der Waals surface area contributed by atoms with E-state index in [9.17, 15) is 9.59 Å². The molecule has 0 unspecified atom stereocenters. The molecule has 84 valence electrons. The lowest BCUT2D eigenvalue weighted by molar-refractivity contribution is -0.146. The first kappa shape index (κ1) is 11.9. The first-order chi connectivity index (χ1) is 6.92. The van der Waals surface area contributed by atoms with E-state index in [1.165, 1.54) is 0 Å². The molecule has 0 bridgehead atoms. The molecular weight excluding hydrogens is 216 g/mol. The minimum absolute atomic E-state index is 0.0932. The van der Waals surface area contributed by atoms with E-state index in [4.69, 9.17) is 5.11 Å². The fraction of sp³-hybridized carbons (Fsp3) is 0.556. The summed E-state index contributed by atoms with van der Waals surface area (Å²) in [5.74, 6) is -0.839. The van der Waals surface area contributed by atoms with Crippen molar-refractivity contribution >= 4 is 17.3 Å². The Morgan fingerprint density at radius 1 is 1.67 bits per heavy atom. The fourth-order valence-corrected chi connectivity index (χ4v) is 1.57. The molecule has 3 N–H and O–H groups in total. The normalized spacial score (nSPS) is 11.6. The molecule has 0 aliphatic heterocycles. The average molecular weight is 230 g/mol. The second-order valence-corrected chi connectivity index (χ2v) is 4.81. The van der Waals surface area contributed by atoms with E-state index >= 15 is 0 Å². The Morgan fingerprint density at radius 2 is 2.33 bits per heavy atom. The van der Waals surface area contributed by atoms with Crippen molar-refractivity contribution in [3.63, 3.8) is 0 Å². The van der Waals surface area contributed by atoms with Gasteiger partial charge in [-0.1, -0.05) is 11.3 Å². The molecular formula is C9H14N2O3S. The summed E-state index contributed by atoms with van der Waals surface area (Å²) < 4.78 is 0. The highest BCUT2D eigenvalue weighted by atomic mass is 32.1. The van der Waals surface area contributed by atoms with Crippen molar-refractivity contribution in [2.45, 2.75) is 20.4 Å². The van der Waals surface area contributed by atoms with Gasteiger partial charge in [0.25, 0.3) is 0 Å². The molecule has 15 heavy (non-hydrogen) atoms. The molecule has 0 amide bonds. The zero-order chi connectivity index (χ0) is 11.5. The highest BCUT2D eigenvalue weighted by Gasteiger charge is 2.26. The third-order valence-corrected chi connectivity index (χ3v) is 2.75. The first-order valence-electron chi connectivity index (χ1n) is 4.52. The standard InChI is InChI=1S/C9H14N2O3S/c1-9(2,7(12)13)5-10-3-6-4-15-8(14)11-6/h4,10H,3,5H2,1-2H3,(H,11,14)(H,12,13). The largest absolute Gasteiger partial charge is 0.481 e. The molecule has 1 aromatic heterocycles. The van der Waals surface area contributed by atoms with Gasteiger partial charge in [0.05, 0.1) is 5.41 Å². The molecule has 6 heteroatoms. The molecule has 0 saturated heterocycles. The lowest BCUT2D eigenvalue weighted by Crippen LogP contribution is -2.35. The van der Waals surface area contributed by atoms with Crippen LogP contribution in [0.5, 0.6) is 0 Å². The van der Waals surface area contributed by atoms with Crippen molar-refractivity contribution in [2.24, 2.45) is 5.41 Å². The Hall–Kier alpha value is -1.14. The number of thiazole rings is 1. The van der Waals surface area contributed by atoms with Gasteiger partial charge in [0.1, 0.15) is 0 Å². The van der Waals surface area contributed by atoms with Gasteiger partial charge in [-0.15, -0.1) is 0 Å². The molecule has 0 atom stereocenters. The highest BCUT2D eigenvalue weighted by molar-refractivity contribution is 7.07. The summed E-state index contributed by atoms with van der Waals surface area (Å²) in [6.45, 7) is 4.15. The van der Waals surface area contributed by atoms with Crippen LogP contribution in [0.3, 0.4) is 0 Å². The first-order valence-corrected chi connectivity index (χ1v) is 5.40. The van der Waals surface area contributed by atoms with Crippen LogP contribution in [0, 0.1) is 5.41 Å². The van der Waals surface area contributed by atoms with Crippen LogP contribution < -0.4 is 10.2 Å². The molecule has 0 aliphatic carbocycles. The van der Waals surface area contributed by atoms with Gasteiger partial charge in [0.15, 0.2) is 0 Å². The third-order valence-electron chi connectivity index (χ3n) is 2.03. The van der Waals surface area contributed by atoms with Gasteiger partial charge in [0, 0.05) is 24.2 Å². The number of hydrogen-bond donors (Lipinski definition) is 3. The van der Waals surface area contributed by atoms with Gasteiger partial charge in [-0.25, -0.2) is 0 Å². The molecule has 1 aromatic rings. The maximum absolute atomic E-state index is 10.8. The molecule has 0 radical (unpaired) electrons. The zero-order valence-electron chi connectivity index (χ0n) is 8.66. The van der Waals surface area contributed by atoms with E-state index in [2.05, 4.69) is 10.3 Å². The van der Waals surface area contributed by atoms with Crippen molar-refractivity contribution in [3.8, 4) is 0 Å². The molecule has 0 saturated carbocycles. The summed E-state index contributed by atoms with van der Waals surface area (Å²) in [6, 6.07) is 0. The Morgan fingerprint density at radius 3 is 2.80 bits per heavy atom. The Labute approximate surface area is 91.1 Å². The van der Waals surface area contributed by atoms with Gasteiger partial charge in [0.2, 0.25) is 0 Å². The van der Waals surface area contributed by atoms with Crippen LogP contribution in [0.4, 0.5) is 0 Å². The quantitative estimate of drug-likeness (QED) is 0.693. The molecule has 0 aromatic carbocycles. The average Bonchev–Trinajstić information content (AvgIpc) is 2.51. The lowest BCUT2D eigenvalue weighted by Gasteiger charge is -2.19. The number of carboxylic acids is 1. The fourth-order valence-electron chi connectivity index (χ4n) is 0.986. The van der Waals surface area contributed by atoms with Crippen molar-refractivity contribution in [2.75, 3.05) is 6.54 Å². The van der Waals surface area contributed by atoms with Crippen molar-refractivity contribution in [3.05, 3.63) is 20.7 Å². The monoisotopic (exact) mass is 230 g/mol. The maximum atomic E-state index is 10.8. The van der Waals surface area contributed by atoms with Gasteiger partial charge in [-0.2, -0.15) is 0 Å². The number of aromatic amines is 1. The SMILES string of the molecule is CC(C)(CNCc1csc(=O)[nH]1)C(=O)O. The predicted molar refractivity (Wildman–Crippen MR) is 58.1 cm³/mol. The predicted octanol–water partition coefficient (Wildman–Crippen LogP) is 0.637. The van der Waals surface area contributed by atoms with Crippen LogP contribution in [0.1, 0.15) is 19.5 Å². The molecule has 0 aliphatic rings. The van der Waals surface area contributed by atoms with E-state index in [1.807, 2.05) is 0 Å². The van der Waals surface area contributed by atoms with Crippen LogP contribution in [-0.2, 0) is 11.3 Å². The van der Waals surface area contributed by atoms with E-state index in [-0.39, 0.29) is 4.87 Å². The van der Waals surface area contributed by atoms with Gasteiger partial charge in [-0.05, 0) is 13.8 Å². The molecule has 5 nitrogen and oxygen atoms in total. The summed E-state index contributed by atoms with van der Waals surface area (Å²) in [6.07, 6.45) is 0. The van der Waals surface area contributed by atoms with E-state index in [0.717, 1.165) is 17.0 Å². The number of nitrogens with one attached hydrogen (secondary N) is 2. The summed E-state index contributed by atoms with van der Waals surface area (Å²) in [7, 11) is 0. The number of carboxylic acid groups (broad SMARTS) is 1. The molecule has 0 fully saturated rings.